The second-order valence-corrected chi connectivity index (χ2v) is 6.65. The van der Waals surface area contributed by atoms with Gasteiger partial charge in [0.25, 0.3) is 0 Å². The number of hydrogen-bond donors (Lipinski definition) is 0. The first-order valence-electron chi connectivity index (χ1n) is 8.93. The number of ether oxygens (including phenoxy) is 2. The van der Waals surface area contributed by atoms with Crippen molar-refractivity contribution in [2.45, 2.75) is 13.8 Å². The lowest BCUT2D eigenvalue weighted by atomic mass is 9.95. The van der Waals surface area contributed by atoms with E-state index in [9.17, 15) is 9.59 Å². The highest BCUT2D eigenvalue weighted by Gasteiger charge is 2.19. The number of carbonyl (C=O) groups is 2. The van der Waals surface area contributed by atoms with Crippen molar-refractivity contribution in [1.29, 1.82) is 0 Å². The Bertz CT molecular complexity index is 969. The van der Waals surface area contributed by atoms with Gasteiger partial charge in [0.15, 0.2) is 11.6 Å². The summed E-state index contributed by atoms with van der Waals surface area (Å²) in [7, 11) is 3.07. The molecule has 0 atom stereocenters. The van der Waals surface area contributed by atoms with Crippen LogP contribution in [0.2, 0.25) is 0 Å². The molecule has 0 amide bonds. The van der Waals surface area contributed by atoms with Crippen molar-refractivity contribution in [3.63, 3.8) is 0 Å². The van der Waals surface area contributed by atoms with Gasteiger partial charge in [-0.1, -0.05) is 41.5 Å². The Hall–Kier alpha value is -3.40. The van der Waals surface area contributed by atoms with Crippen LogP contribution in [0.1, 0.15) is 43.0 Å². The molecular formula is C24H22O4. The van der Waals surface area contributed by atoms with Crippen molar-refractivity contribution < 1.29 is 19.1 Å². The maximum atomic E-state index is 13.1. The van der Waals surface area contributed by atoms with E-state index < -0.39 is 0 Å². The van der Waals surface area contributed by atoms with Crippen molar-refractivity contribution in [3.05, 3.63) is 94.0 Å². The molecule has 0 radical (unpaired) electrons. The number of benzene rings is 3. The zero-order chi connectivity index (χ0) is 20.3. The lowest BCUT2D eigenvalue weighted by Crippen LogP contribution is -2.08. The van der Waals surface area contributed by atoms with Crippen molar-refractivity contribution in [2.24, 2.45) is 0 Å². The quantitative estimate of drug-likeness (QED) is 0.583. The standard InChI is InChI=1S/C24H22O4/c1-15-8-10-21(27-3)19(12-15)23(25)17-6-5-7-18(14-17)24(26)20-13-16(2)9-11-22(20)28-4/h5-14H,1-4H3. The molecule has 0 aliphatic heterocycles. The van der Waals surface area contributed by atoms with E-state index >= 15 is 0 Å². The second kappa shape index (κ2) is 8.09. The summed E-state index contributed by atoms with van der Waals surface area (Å²) in [6.45, 7) is 3.83. The van der Waals surface area contributed by atoms with Gasteiger partial charge in [-0.3, -0.25) is 9.59 Å². The summed E-state index contributed by atoms with van der Waals surface area (Å²) < 4.78 is 10.7. The average Bonchev–Trinajstić information content (AvgIpc) is 2.72. The Labute approximate surface area is 164 Å². The highest BCUT2D eigenvalue weighted by molar-refractivity contribution is 6.14. The van der Waals surface area contributed by atoms with E-state index in [0.29, 0.717) is 33.8 Å². The van der Waals surface area contributed by atoms with Crippen LogP contribution in [-0.2, 0) is 0 Å². The fourth-order valence-corrected chi connectivity index (χ4v) is 3.11. The average molecular weight is 374 g/mol. The minimum atomic E-state index is -0.189. The van der Waals surface area contributed by atoms with Crippen LogP contribution < -0.4 is 9.47 Å². The fourth-order valence-electron chi connectivity index (χ4n) is 3.11. The van der Waals surface area contributed by atoms with Gasteiger partial charge in [-0.2, -0.15) is 0 Å². The molecule has 0 aromatic heterocycles. The summed E-state index contributed by atoms with van der Waals surface area (Å²) in [6, 6.07) is 17.6. The molecule has 3 rings (SSSR count). The summed E-state index contributed by atoms with van der Waals surface area (Å²) in [5, 5.41) is 0. The van der Waals surface area contributed by atoms with Crippen LogP contribution in [0.4, 0.5) is 0 Å². The predicted octanol–water partition coefficient (Wildman–Crippen LogP) is 4.78. The van der Waals surface area contributed by atoms with E-state index in [1.54, 1.807) is 48.5 Å². The van der Waals surface area contributed by atoms with Crippen molar-refractivity contribution in [3.8, 4) is 11.5 Å². The van der Waals surface area contributed by atoms with E-state index in [1.807, 2.05) is 26.0 Å². The Kier molecular flexibility index (Phi) is 5.59. The molecule has 28 heavy (non-hydrogen) atoms. The van der Waals surface area contributed by atoms with E-state index in [4.69, 9.17) is 9.47 Å². The van der Waals surface area contributed by atoms with Crippen LogP contribution in [0.15, 0.2) is 60.7 Å². The smallest absolute Gasteiger partial charge is 0.196 e. The number of methoxy groups -OCH3 is 2. The molecule has 0 heterocycles. The Morgan fingerprint density at radius 2 is 1.07 bits per heavy atom. The molecule has 0 fully saturated rings. The SMILES string of the molecule is COc1ccc(C)cc1C(=O)c1cccc(C(=O)c2cc(C)ccc2OC)c1. The number of carbonyl (C=O) groups excluding carboxylic acids is 2. The summed E-state index contributed by atoms with van der Waals surface area (Å²) in [5.41, 5.74) is 3.73. The molecule has 4 nitrogen and oxygen atoms in total. The van der Waals surface area contributed by atoms with Gasteiger partial charge in [-0.05, 0) is 44.2 Å². The Balaban J connectivity index is 2.02. The zero-order valence-electron chi connectivity index (χ0n) is 16.4. The van der Waals surface area contributed by atoms with Crippen LogP contribution in [-0.4, -0.2) is 25.8 Å². The molecule has 3 aromatic carbocycles. The monoisotopic (exact) mass is 374 g/mol. The Morgan fingerprint density at radius 3 is 1.46 bits per heavy atom. The third-order valence-corrected chi connectivity index (χ3v) is 4.59. The number of rotatable bonds is 6. The predicted molar refractivity (Wildman–Crippen MR) is 109 cm³/mol. The molecular weight excluding hydrogens is 352 g/mol. The minimum absolute atomic E-state index is 0.189. The maximum Gasteiger partial charge on any atom is 0.196 e. The molecule has 0 aliphatic carbocycles. The van der Waals surface area contributed by atoms with Gasteiger partial charge < -0.3 is 9.47 Å². The summed E-state index contributed by atoms with van der Waals surface area (Å²) in [6.07, 6.45) is 0. The Morgan fingerprint density at radius 1 is 0.643 bits per heavy atom. The van der Waals surface area contributed by atoms with Crippen LogP contribution in [0.25, 0.3) is 0 Å². The highest BCUT2D eigenvalue weighted by Crippen LogP contribution is 2.26. The minimum Gasteiger partial charge on any atom is -0.496 e. The van der Waals surface area contributed by atoms with Crippen molar-refractivity contribution >= 4 is 11.6 Å². The van der Waals surface area contributed by atoms with E-state index in [0.717, 1.165) is 11.1 Å². The molecule has 0 saturated heterocycles. The number of ketones is 2. The van der Waals surface area contributed by atoms with E-state index in [2.05, 4.69) is 0 Å². The first-order valence-corrected chi connectivity index (χ1v) is 8.93. The summed E-state index contributed by atoms with van der Waals surface area (Å²) in [4.78, 5) is 26.1. The lowest BCUT2D eigenvalue weighted by Gasteiger charge is -2.11. The topological polar surface area (TPSA) is 52.6 Å². The third-order valence-electron chi connectivity index (χ3n) is 4.59. The van der Waals surface area contributed by atoms with Crippen LogP contribution >= 0.6 is 0 Å². The molecule has 142 valence electrons. The normalized spacial score (nSPS) is 10.4. The largest absolute Gasteiger partial charge is 0.496 e. The van der Waals surface area contributed by atoms with Crippen molar-refractivity contribution in [2.75, 3.05) is 14.2 Å². The molecule has 0 spiro atoms. The third kappa shape index (κ3) is 3.81. The molecule has 0 aliphatic rings. The van der Waals surface area contributed by atoms with Gasteiger partial charge in [0.2, 0.25) is 0 Å². The molecule has 0 N–H and O–H groups in total. The fraction of sp³-hybridized carbons (Fsp3) is 0.167. The lowest BCUT2D eigenvalue weighted by molar-refractivity contribution is 0.103. The van der Waals surface area contributed by atoms with Gasteiger partial charge in [0.05, 0.1) is 25.3 Å². The first-order chi connectivity index (χ1) is 13.4. The molecule has 0 bridgehead atoms. The van der Waals surface area contributed by atoms with Crippen LogP contribution in [0, 0.1) is 13.8 Å². The molecule has 0 saturated carbocycles. The molecule has 3 aromatic rings. The highest BCUT2D eigenvalue weighted by atomic mass is 16.5. The van der Waals surface area contributed by atoms with Gasteiger partial charge in [0.1, 0.15) is 11.5 Å². The maximum absolute atomic E-state index is 13.1. The molecule has 4 heteroatoms. The van der Waals surface area contributed by atoms with E-state index in [-0.39, 0.29) is 11.6 Å². The molecule has 0 unspecified atom stereocenters. The van der Waals surface area contributed by atoms with Crippen LogP contribution in [0.3, 0.4) is 0 Å². The van der Waals surface area contributed by atoms with Gasteiger partial charge >= 0.3 is 0 Å². The van der Waals surface area contributed by atoms with Crippen LogP contribution in [0.5, 0.6) is 11.5 Å². The van der Waals surface area contributed by atoms with Gasteiger partial charge in [0, 0.05) is 11.1 Å². The van der Waals surface area contributed by atoms with Gasteiger partial charge in [-0.25, -0.2) is 0 Å². The summed E-state index contributed by atoms with van der Waals surface area (Å²) in [5.74, 6) is 0.637. The first kappa shape index (κ1) is 19.4. The van der Waals surface area contributed by atoms with Crippen molar-refractivity contribution in [1.82, 2.24) is 0 Å². The second-order valence-electron chi connectivity index (χ2n) is 6.65. The number of hydrogen-bond acceptors (Lipinski definition) is 4. The van der Waals surface area contributed by atoms with Gasteiger partial charge in [-0.15, -0.1) is 0 Å². The zero-order valence-corrected chi connectivity index (χ0v) is 16.4. The number of aryl methyl sites for hydroxylation is 2. The van der Waals surface area contributed by atoms with E-state index in [1.165, 1.54) is 14.2 Å². The summed E-state index contributed by atoms with van der Waals surface area (Å²) >= 11 is 0.